The number of hydrogen-bond donors (Lipinski definition) is 2. The number of hydrogen-bond acceptors (Lipinski definition) is 4. The summed E-state index contributed by atoms with van der Waals surface area (Å²) in [5.74, 6) is 0.0892. The fourth-order valence-corrected chi connectivity index (χ4v) is 2.83. The molecule has 0 aliphatic rings. The van der Waals surface area contributed by atoms with E-state index in [2.05, 4.69) is 10.9 Å². The van der Waals surface area contributed by atoms with Crippen LogP contribution in [0.5, 0.6) is 5.75 Å². The van der Waals surface area contributed by atoms with Gasteiger partial charge in [0.15, 0.2) is 12.4 Å². The van der Waals surface area contributed by atoms with Crippen LogP contribution in [0.1, 0.15) is 23.7 Å². The molecule has 8 heteroatoms. The third-order valence-corrected chi connectivity index (χ3v) is 4.02. The van der Waals surface area contributed by atoms with Gasteiger partial charge in [-0.2, -0.15) is 0 Å². The minimum atomic E-state index is -0.434. The highest BCUT2D eigenvalue weighted by Gasteiger charge is 2.10. The van der Waals surface area contributed by atoms with Crippen molar-refractivity contribution in [2.75, 3.05) is 12.0 Å². The van der Waals surface area contributed by atoms with Gasteiger partial charge in [-0.3, -0.25) is 20.4 Å². The molecule has 0 aliphatic heterocycles. The Hall–Kier alpha value is -1.95. The minimum Gasteiger partial charge on any atom is -0.484 e. The summed E-state index contributed by atoms with van der Waals surface area (Å²) in [6.07, 6.45) is 0.435. The van der Waals surface area contributed by atoms with Gasteiger partial charge in [0.1, 0.15) is 5.75 Å². The highest BCUT2D eigenvalue weighted by atomic mass is 35.5. The Kier molecular flexibility index (Phi) is 6.93. The number of nitrogens with one attached hydrogen (secondary N) is 2. The maximum Gasteiger partial charge on any atom is 0.276 e. The Morgan fingerprint density at radius 1 is 1.04 bits per heavy atom. The van der Waals surface area contributed by atoms with Crippen molar-refractivity contribution in [1.29, 1.82) is 0 Å². The number of ether oxygens (including phenoxy) is 1. The van der Waals surface area contributed by atoms with E-state index in [9.17, 15) is 9.59 Å². The Morgan fingerprint density at radius 3 is 2.20 bits per heavy atom. The van der Waals surface area contributed by atoms with Crippen molar-refractivity contribution in [2.45, 2.75) is 13.3 Å². The zero-order chi connectivity index (χ0) is 18.4. The zero-order valence-corrected chi connectivity index (χ0v) is 15.5. The van der Waals surface area contributed by atoms with Crippen molar-refractivity contribution < 1.29 is 14.3 Å². The van der Waals surface area contributed by atoms with Crippen LogP contribution in [0.4, 0.5) is 5.69 Å². The maximum absolute atomic E-state index is 11.8. The first-order valence-corrected chi connectivity index (χ1v) is 8.49. The molecule has 5 nitrogen and oxygen atoms in total. The molecule has 0 radical (unpaired) electrons. The van der Waals surface area contributed by atoms with Gasteiger partial charge in [-0.1, -0.05) is 41.7 Å². The largest absolute Gasteiger partial charge is 0.484 e. The molecular formula is C17H15Cl3N2O3. The quantitative estimate of drug-likeness (QED) is 0.518. The van der Waals surface area contributed by atoms with E-state index in [4.69, 9.17) is 39.5 Å². The number of halogens is 3. The minimum absolute atomic E-state index is 0.0465. The Morgan fingerprint density at radius 2 is 1.64 bits per heavy atom. The van der Waals surface area contributed by atoms with Crippen LogP contribution in [-0.2, 0) is 4.79 Å². The summed E-state index contributed by atoms with van der Waals surface area (Å²) in [5.41, 5.74) is 6.00. The van der Waals surface area contributed by atoms with Crippen molar-refractivity contribution in [3.05, 3.63) is 57.0 Å². The third kappa shape index (κ3) is 5.53. The summed E-state index contributed by atoms with van der Waals surface area (Å²) >= 11 is 17.8. The summed E-state index contributed by atoms with van der Waals surface area (Å²) in [6.45, 7) is 1.57. The van der Waals surface area contributed by atoms with Crippen LogP contribution in [0, 0.1) is 0 Å². The number of amides is 1. The van der Waals surface area contributed by atoms with E-state index in [1.165, 1.54) is 12.1 Å². The van der Waals surface area contributed by atoms with E-state index in [1.54, 1.807) is 31.2 Å². The van der Waals surface area contributed by atoms with Crippen molar-refractivity contribution in [3.63, 3.8) is 0 Å². The van der Waals surface area contributed by atoms with Gasteiger partial charge in [0, 0.05) is 17.0 Å². The summed E-state index contributed by atoms with van der Waals surface area (Å²) in [6, 6.07) is 9.58. The van der Waals surface area contributed by atoms with Gasteiger partial charge in [-0.15, -0.1) is 0 Å². The van der Waals surface area contributed by atoms with Crippen LogP contribution >= 0.6 is 34.8 Å². The molecule has 0 saturated carbocycles. The van der Waals surface area contributed by atoms with Crippen LogP contribution in [0.25, 0.3) is 0 Å². The topological polar surface area (TPSA) is 67.4 Å². The van der Waals surface area contributed by atoms with E-state index in [-0.39, 0.29) is 22.4 Å². The molecule has 0 saturated heterocycles. The van der Waals surface area contributed by atoms with Crippen molar-refractivity contribution in [3.8, 4) is 5.75 Å². The lowest BCUT2D eigenvalue weighted by atomic mass is 10.1. The molecular weight excluding hydrogens is 387 g/mol. The first kappa shape index (κ1) is 19.4. The van der Waals surface area contributed by atoms with Crippen molar-refractivity contribution in [2.24, 2.45) is 0 Å². The Labute approximate surface area is 160 Å². The Bertz CT molecular complexity index is 756. The maximum atomic E-state index is 11.8. The van der Waals surface area contributed by atoms with E-state index >= 15 is 0 Å². The molecule has 2 rings (SSSR count). The number of rotatable bonds is 7. The van der Waals surface area contributed by atoms with Gasteiger partial charge in [-0.25, -0.2) is 0 Å². The molecule has 1 amide bonds. The van der Waals surface area contributed by atoms with Crippen molar-refractivity contribution in [1.82, 2.24) is 5.43 Å². The number of carbonyl (C=O) groups excluding carboxylic acids is 2. The van der Waals surface area contributed by atoms with Crippen LogP contribution in [0.3, 0.4) is 0 Å². The molecule has 0 atom stereocenters. The summed E-state index contributed by atoms with van der Waals surface area (Å²) in [7, 11) is 0. The van der Waals surface area contributed by atoms with E-state index < -0.39 is 5.91 Å². The van der Waals surface area contributed by atoms with Crippen LogP contribution in [-0.4, -0.2) is 18.3 Å². The fourth-order valence-electron chi connectivity index (χ4n) is 1.92. The first-order valence-electron chi connectivity index (χ1n) is 7.36. The van der Waals surface area contributed by atoms with Gasteiger partial charge >= 0.3 is 0 Å². The molecule has 0 spiro atoms. The third-order valence-electron chi connectivity index (χ3n) is 3.20. The number of carbonyl (C=O) groups is 2. The number of Topliss-reactive ketones (excluding diaryl/α,β-unsaturated/α-hetero) is 1. The molecule has 0 bridgehead atoms. The van der Waals surface area contributed by atoms with Gasteiger partial charge in [-0.05, 0) is 36.4 Å². The zero-order valence-electron chi connectivity index (χ0n) is 13.2. The molecule has 132 valence electrons. The number of benzene rings is 2. The molecule has 0 aliphatic carbocycles. The highest BCUT2D eigenvalue weighted by molar-refractivity contribution is 6.41. The second kappa shape index (κ2) is 8.94. The lowest BCUT2D eigenvalue weighted by molar-refractivity contribution is -0.122. The molecule has 0 unspecified atom stereocenters. The second-order valence-electron chi connectivity index (χ2n) is 5.01. The van der Waals surface area contributed by atoms with Crippen LogP contribution in [0.2, 0.25) is 15.1 Å². The lowest BCUT2D eigenvalue weighted by Gasteiger charge is -2.12. The molecule has 0 aromatic heterocycles. The van der Waals surface area contributed by atoms with Gasteiger partial charge in [0.25, 0.3) is 5.91 Å². The molecule has 0 fully saturated rings. The molecule has 2 aromatic carbocycles. The SMILES string of the molecule is CCC(=O)c1ccc(OCC(=O)NNc2c(Cl)cc(Cl)cc2Cl)cc1. The van der Waals surface area contributed by atoms with Gasteiger partial charge < -0.3 is 4.74 Å². The molecule has 2 N–H and O–H groups in total. The number of anilines is 1. The smallest absolute Gasteiger partial charge is 0.276 e. The summed E-state index contributed by atoms with van der Waals surface area (Å²) in [5, 5.41) is 0.935. The normalized spacial score (nSPS) is 10.2. The predicted octanol–water partition coefficient (Wildman–Crippen LogP) is 4.76. The average Bonchev–Trinajstić information content (AvgIpc) is 2.58. The van der Waals surface area contributed by atoms with Crippen LogP contribution < -0.4 is 15.6 Å². The molecule has 0 heterocycles. The number of ketones is 1. The standard InChI is InChI=1S/C17H15Cl3N2O3/c1-2-15(23)10-3-5-12(6-4-10)25-9-16(24)21-22-17-13(19)7-11(18)8-14(17)20/h3-8,22H,2,9H2,1H3,(H,21,24). The van der Waals surface area contributed by atoms with E-state index in [1.807, 2.05) is 0 Å². The summed E-state index contributed by atoms with van der Waals surface area (Å²) < 4.78 is 5.35. The first-order chi connectivity index (χ1) is 11.9. The lowest BCUT2D eigenvalue weighted by Crippen LogP contribution is -2.33. The average molecular weight is 402 g/mol. The van der Waals surface area contributed by atoms with E-state index in [0.29, 0.717) is 28.4 Å². The summed E-state index contributed by atoms with van der Waals surface area (Å²) in [4.78, 5) is 23.4. The van der Waals surface area contributed by atoms with E-state index in [0.717, 1.165) is 0 Å². The predicted molar refractivity (Wildman–Crippen MR) is 99.8 cm³/mol. The molecule has 25 heavy (non-hydrogen) atoms. The Balaban J connectivity index is 1.86. The number of hydrazine groups is 1. The fraction of sp³-hybridized carbons (Fsp3) is 0.176. The monoisotopic (exact) mass is 400 g/mol. The van der Waals surface area contributed by atoms with Crippen LogP contribution in [0.15, 0.2) is 36.4 Å². The van der Waals surface area contributed by atoms with Crippen molar-refractivity contribution >= 4 is 52.2 Å². The molecule has 2 aromatic rings. The van der Waals surface area contributed by atoms with Gasteiger partial charge in [0.05, 0.1) is 15.7 Å². The van der Waals surface area contributed by atoms with Gasteiger partial charge in [0.2, 0.25) is 0 Å². The second-order valence-corrected chi connectivity index (χ2v) is 6.26. The highest BCUT2D eigenvalue weighted by Crippen LogP contribution is 2.33.